The monoisotopic (exact) mass is 494 g/mol. The molecule has 1 fully saturated rings. The lowest BCUT2D eigenvalue weighted by Gasteiger charge is -2.14. The molecule has 0 aliphatic carbocycles. The number of ether oxygens (including phenoxy) is 2. The van der Waals surface area contributed by atoms with Crippen molar-refractivity contribution in [2.75, 3.05) is 18.6 Å². The largest absolute Gasteiger partial charge is 0.493 e. The minimum Gasteiger partial charge on any atom is -0.493 e. The van der Waals surface area contributed by atoms with Gasteiger partial charge in [-0.15, -0.1) is 0 Å². The second kappa shape index (κ2) is 8.93. The Balaban J connectivity index is 1.95. The number of nitro benzene ring substituents is 1. The number of nitrogens with zero attached hydrogens (tertiary/aromatic N) is 2. The molecule has 1 heterocycles. The Bertz CT molecular complexity index is 1040. The van der Waals surface area contributed by atoms with Gasteiger partial charge in [-0.3, -0.25) is 19.8 Å². The summed E-state index contributed by atoms with van der Waals surface area (Å²) in [6.07, 6.45) is 1.69. The quantitative estimate of drug-likeness (QED) is 0.237. The molecule has 10 heteroatoms. The van der Waals surface area contributed by atoms with E-state index in [0.29, 0.717) is 37.5 Å². The summed E-state index contributed by atoms with van der Waals surface area (Å²) < 4.78 is 12.0. The molecule has 150 valence electrons. The molecule has 1 amide bonds. The van der Waals surface area contributed by atoms with Crippen LogP contribution in [0.1, 0.15) is 12.5 Å². The number of thiocarbonyl (C=S) groups is 1. The highest BCUT2D eigenvalue weighted by atomic mass is 79.9. The normalized spacial score (nSPS) is 15.1. The highest BCUT2D eigenvalue weighted by Gasteiger charge is 2.34. The third-order valence-corrected chi connectivity index (χ3v) is 5.82. The van der Waals surface area contributed by atoms with Crippen molar-refractivity contribution in [3.63, 3.8) is 0 Å². The van der Waals surface area contributed by atoms with Crippen LogP contribution in [0.4, 0.5) is 11.4 Å². The fourth-order valence-corrected chi connectivity index (χ4v) is 4.57. The molecule has 0 spiro atoms. The number of nitro groups is 1. The molecule has 2 aromatic rings. The van der Waals surface area contributed by atoms with E-state index >= 15 is 0 Å². The summed E-state index contributed by atoms with van der Waals surface area (Å²) in [5, 5.41) is 11.0. The van der Waals surface area contributed by atoms with Crippen LogP contribution in [0.5, 0.6) is 11.5 Å². The van der Waals surface area contributed by atoms with E-state index in [2.05, 4.69) is 15.9 Å². The minimum absolute atomic E-state index is 0.110. The Morgan fingerprint density at radius 3 is 2.76 bits per heavy atom. The van der Waals surface area contributed by atoms with Gasteiger partial charge in [0.1, 0.15) is 0 Å². The van der Waals surface area contributed by atoms with Crippen molar-refractivity contribution in [1.82, 2.24) is 0 Å². The number of non-ortho nitro benzene ring substituents is 1. The van der Waals surface area contributed by atoms with Crippen LogP contribution in [-0.2, 0) is 4.79 Å². The maximum absolute atomic E-state index is 12.9. The molecule has 0 unspecified atom stereocenters. The molecule has 7 nitrogen and oxygen atoms in total. The summed E-state index contributed by atoms with van der Waals surface area (Å²) in [5.74, 6) is 0.766. The van der Waals surface area contributed by atoms with Crippen molar-refractivity contribution in [3.8, 4) is 11.5 Å². The summed E-state index contributed by atoms with van der Waals surface area (Å²) in [4.78, 5) is 25.1. The second-order valence-corrected chi connectivity index (χ2v) is 8.29. The van der Waals surface area contributed by atoms with E-state index in [1.165, 1.54) is 30.2 Å². The van der Waals surface area contributed by atoms with Crippen LogP contribution >= 0.6 is 39.9 Å². The number of methoxy groups -OCH3 is 1. The Kier molecular flexibility index (Phi) is 6.56. The molecule has 0 radical (unpaired) electrons. The number of hydrogen-bond acceptors (Lipinski definition) is 7. The summed E-state index contributed by atoms with van der Waals surface area (Å²) in [5.41, 5.74) is 0.966. The van der Waals surface area contributed by atoms with Gasteiger partial charge in [-0.2, -0.15) is 0 Å². The summed E-state index contributed by atoms with van der Waals surface area (Å²) in [6, 6.07) is 9.38. The first kappa shape index (κ1) is 21.3. The average molecular weight is 495 g/mol. The lowest BCUT2D eigenvalue weighted by atomic mass is 10.1. The number of thioether (sulfide) groups is 1. The molecule has 0 atom stereocenters. The fraction of sp³-hybridized carbons (Fsp3) is 0.158. The van der Waals surface area contributed by atoms with E-state index in [-0.39, 0.29) is 11.6 Å². The summed E-state index contributed by atoms with van der Waals surface area (Å²) in [6.45, 7) is 2.36. The Morgan fingerprint density at radius 1 is 1.34 bits per heavy atom. The molecular formula is C19H15BrN2O5S2. The van der Waals surface area contributed by atoms with Crippen molar-refractivity contribution < 1.29 is 19.2 Å². The van der Waals surface area contributed by atoms with Gasteiger partial charge in [-0.05, 0) is 52.7 Å². The molecule has 0 bridgehead atoms. The average Bonchev–Trinajstić information content (AvgIpc) is 2.96. The number of amides is 1. The molecular weight excluding hydrogens is 480 g/mol. The van der Waals surface area contributed by atoms with Gasteiger partial charge in [-0.25, -0.2) is 0 Å². The molecule has 3 rings (SSSR count). The van der Waals surface area contributed by atoms with Crippen LogP contribution in [-0.4, -0.2) is 28.9 Å². The third kappa shape index (κ3) is 4.44. The molecule has 2 aromatic carbocycles. The molecule has 0 saturated carbocycles. The zero-order chi connectivity index (χ0) is 21.1. The first-order chi connectivity index (χ1) is 13.8. The number of benzene rings is 2. The fourth-order valence-electron chi connectivity index (χ4n) is 2.69. The van der Waals surface area contributed by atoms with Gasteiger partial charge in [0.05, 0.1) is 33.7 Å². The lowest BCUT2D eigenvalue weighted by Crippen LogP contribution is -2.27. The van der Waals surface area contributed by atoms with E-state index in [1.807, 2.05) is 13.0 Å². The van der Waals surface area contributed by atoms with E-state index in [4.69, 9.17) is 21.7 Å². The second-order valence-electron chi connectivity index (χ2n) is 5.76. The molecule has 1 saturated heterocycles. The van der Waals surface area contributed by atoms with Gasteiger partial charge in [-0.1, -0.05) is 30.0 Å². The van der Waals surface area contributed by atoms with Crippen molar-refractivity contribution in [2.45, 2.75) is 6.92 Å². The van der Waals surface area contributed by atoms with Crippen molar-refractivity contribution in [2.24, 2.45) is 0 Å². The van der Waals surface area contributed by atoms with E-state index in [1.54, 1.807) is 18.2 Å². The lowest BCUT2D eigenvalue weighted by molar-refractivity contribution is -0.384. The molecule has 1 aliphatic heterocycles. The van der Waals surface area contributed by atoms with Gasteiger partial charge < -0.3 is 9.47 Å². The third-order valence-electron chi connectivity index (χ3n) is 3.93. The van der Waals surface area contributed by atoms with Crippen LogP contribution in [0.25, 0.3) is 6.08 Å². The smallest absolute Gasteiger partial charge is 0.271 e. The Morgan fingerprint density at radius 2 is 2.10 bits per heavy atom. The SMILES string of the molecule is CCOc1c(Br)cc(/C=C2\SC(=S)N(c3cccc([N+](=O)[O-])c3)C2=O)cc1OC. The van der Waals surface area contributed by atoms with Gasteiger partial charge in [0.2, 0.25) is 0 Å². The summed E-state index contributed by atoms with van der Waals surface area (Å²) in [7, 11) is 1.54. The summed E-state index contributed by atoms with van der Waals surface area (Å²) >= 11 is 9.93. The van der Waals surface area contributed by atoms with Gasteiger partial charge in [0.25, 0.3) is 11.6 Å². The van der Waals surface area contributed by atoms with Crippen LogP contribution in [0.15, 0.2) is 45.8 Å². The number of halogens is 1. The van der Waals surface area contributed by atoms with Gasteiger partial charge in [0, 0.05) is 12.1 Å². The van der Waals surface area contributed by atoms with E-state index in [0.717, 1.165) is 17.3 Å². The van der Waals surface area contributed by atoms with Gasteiger partial charge in [0.15, 0.2) is 15.8 Å². The highest BCUT2D eigenvalue weighted by Crippen LogP contribution is 2.40. The first-order valence-corrected chi connectivity index (χ1v) is 10.4. The Hall–Kier alpha value is -2.43. The van der Waals surface area contributed by atoms with Crippen molar-refractivity contribution in [3.05, 3.63) is 61.5 Å². The number of carbonyl (C=O) groups is 1. The molecule has 0 N–H and O–H groups in total. The predicted molar refractivity (Wildman–Crippen MR) is 121 cm³/mol. The first-order valence-electron chi connectivity index (χ1n) is 8.38. The van der Waals surface area contributed by atoms with Crippen LogP contribution in [0.3, 0.4) is 0 Å². The van der Waals surface area contributed by atoms with Crippen molar-refractivity contribution >= 4 is 67.6 Å². The minimum atomic E-state index is -0.513. The highest BCUT2D eigenvalue weighted by molar-refractivity contribution is 9.10. The zero-order valence-corrected chi connectivity index (χ0v) is 18.6. The maximum Gasteiger partial charge on any atom is 0.271 e. The van der Waals surface area contributed by atoms with Crippen LogP contribution in [0, 0.1) is 10.1 Å². The Labute approximate surface area is 184 Å². The predicted octanol–water partition coefficient (Wildman–Crippen LogP) is 5.17. The van der Waals surface area contributed by atoms with Crippen molar-refractivity contribution in [1.29, 1.82) is 0 Å². The zero-order valence-electron chi connectivity index (χ0n) is 15.4. The molecule has 1 aliphatic rings. The van der Waals surface area contributed by atoms with Crippen LogP contribution in [0.2, 0.25) is 0 Å². The van der Waals surface area contributed by atoms with Gasteiger partial charge >= 0.3 is 0 Å². The molecule has 0 aromatic heterocycles. The van der Waals surface area contributed by atoms with E-state index in [9.17, 15) is 14.9 Å². The number of anilines is 1. The molecule has 29 heavy (non-hydrogen) atoms. The topological polar surface area (TPSA) is 81.9 Å². The maximum atomic E-state index is 12.9. The number of rotatable bonds is 6. The van der Waals surface area contributed by atoms with E-state index < -0.39 is 4.92 Å². The van der Waals surface area contributed by atoms with Crippen LogP contribution < -0.4 is 14.4 Å². The number of hydrogen-bond donors (Lipinski definition) is 0. The standard InChI is InChI=1S/C19H15BrN2O5S2/c1-3-27-17-14(20)7-11(8-15(17)26-2)9-16-18(23)21(19(28)29-16)12-5-4-6-13(10-12)22(24)25/h4-10H,3H2,1-2H3/b16-9-. The number of carbonyl (C=O) groups excluding carboxylic acids is 1.